The van der Waals surface area contributed by atoms with E-state index in [0.29, 0.717) is 17.5 Å². The fourth-order valence-corrected chi connectivity index (χ4v) is 3.53. The number of nitrogens with one attached hydrogen (secondary N) is 1. The molecule has 1 saturated carbocycles. The number of aromatic nitrogens is 3. The highest BCUT2D eigenvalue weighted by molar-refractivity contribution is 8.00. The van der Waals surface area contributed by atoms with Crippen molar-refractivity contribution in [3.8, 4) is 11.8 Å². The number of methoxy groups -OCH3 is 1. The number of pyridine rings is 1. The minimum atomic E-state index is 0.0647. The van der Waals surface area contributed by atoms with E-state index in [1.54, 1.807) is 31.9 Å². The van der Waals surface area contributed by atoms with Crippen molar-refractivity contribution in [2.24, 2.45) is 0 Å². The lowest BCUT2D eigenvalue weighted by Crippen LogP contribution is -2.40. The summed E-state index contributed by atoms with van der Waals surface area (Å²) in [6, 6.07) is 4.01. The van der Waals surface area contributed by atoms with E-state index < -0.39 is 0 Å². The van der Waals surface area contributed by atoms with Crippen molar-refractivity contribution in [2.75, 3.05) is 12.9 Å². The number of amides is 1. The van der Waals surface area contributed by atoms with Crippen molar-refractivity contribution in [1.82, 2.24) is 20.3 Å². The summed E-state index contributed by atoms with van der Waals surface area (Å²) in [6.07, 6.45) is 10.2. The van der Waals surface area contributed by atoms with Crippen LogP contribution in [-0.2, 0) is 4.79 Å². The first-order valence-electron chi connectivity index (χ1n) is 8.58. The lowest BCUT2D eigenvalue weighted by molar-refractivity contribution is -0.119. The Kier molecular flexibility index (Phi) is 6.65. The lowest BCUT2D eigenvalue weighted by Gasteiger charge is -2.29. The Bertz CT molecular complexity index is 709. The Labute approximate surface area is 156 Å². The highest BCUT2D eigenvalue weighted by Gasteiger charge is 2.24. The largest absolute Gasteiger partial charge is 0.480 e. The fraction of sp³-hybridized carbons (Fsp3) is 0.444. The van der Waals surface area contributed by atoms with Crippen molar-refractivity contribution in [2.45, 2.75) is 42.7 Å². The minimum Gasteiger partial charge on any atom is -0.480 e. The average molecular weight is 374 g/mol. The molecular formula is C18H22N4O3S. The Morgan fingerprint density at radius 1 is 1.15 bits per heavy atom. The molecule has 7 nitrogen and oxygen atoms in total. The van der Waals surface area contributed by atoms with Crippen LogP contribution < -0.4 is 14.8 Å². The van der Waals surface area contributed by atoms with E-state index in [4.69, 9.17) is 9.47 Å². The van der Waals surface area contributed by atoms with E-state index in [1.807, 2.05) is 12.1 Å². The molecule has 1 aliphatic rings. The molecule has 1 aliphatic carbocycles. The van der Waals surface area contributed by atoms with Crippen LogP contribution in [0.2, 0.25) is 0 Å². The van der Waals surface area contributed by atoms with E-state index in [0.717, 1.165) is 30.6 Å². The average Bonchev–Trinajstić information content (AvgIpc) is 2.69. The first-order valence-corrected chi connectivity index (χ1v) is 9.56. The van der Waals surface area contributed by atoms with Gasteiger partial charge in [-0.1, -0.05) is 0 Å². The number of thioether (sulfide) groups is 1. The second kappa shape index (κ2) is 9.38. The zero-order valence-electron chi connectivity index (χ0n) is 14.6. The van der Waals surface area contributed by atoms with Gasteiger partial charge < -0.3 is 14.8 Å². The van der Waals surface area contributed by atoms with E-state index in [2.05, 4.69) is 20.3 Å². The van der Waals surface area contributed by atoms with Gasteiger partial charge in [0, 0.05) is 23.3 Å². The van der Waals surface area contributed by atoms with E-state index in [1.165, 1.54) is 11.8 Å². The van der Waals surface area contributed by atoms with Crippen LogP contribution >= 0.6 is 11.8 Å². The van der Waals surface area contributed by atoms with Crippen LogP contribution in [0.1, 0.15) is 25.7 Å². The SMILES string of the molecule is COc1cncc(OC2CCC(NC(=O)CSc3ccncc3)CC2)n1. The van der Waals surface area contributed by atoms with Gasteiger partial charge in [0.1, 0.15) is 6.10 Å². The number of nitrogens with zero attached hydrogens (tertiary/aromatic N) is 3. The molecule has 0 spiro atoms. The third-order valence-electron chi connectivity index (χ3n) is 4.15. The van der Waals surface area contributed by atoms with Gasteiger partial charge in [-0.2, -0.15) is 4.98 Å². The standard InChI is InChI=1S/C18H22N4O3S/c1-24-17-10-20-11-18(22-17)25-14-4-2-13(3-5-14)21-16(23)12-26-15-6-8-19-9-7-15/h6-11,13-14H,2-5,12H2,1H3,(H,21,23). The molecule has 2 aromatic heterocycles. The molecule has 2 aromatic rings. The Morgan fingerprint density at radius 2 is 1.88 bits per heavy atom. The van der Waals surface area contributed by atoms with Crippen LogP contribution in [0.3, 0.4) is 0 Å². The molecule has 0 bridgehead atoms. The van der Waals surface area contributed by atoms with Gasteiger partial charge in [-0.25, -0.2) is 0 Å². The first kappa shape index (κ1) is 18.4. The predicted molar refractivity (Wildman–Crippen MR) is 98.4 cm³/mol. The highest BCUT2D eigenvalue weighted by atomic mass is 32.2. The second-order valence-electron chi connectivity index (χ2n) is 6.03. The van der Waals surface area contributed by atoms with Gasteiger partial charge in [-0.05, 0) is 37.8 Å². The van der Waals surface area contributed by atoms with Crippen molar-refractivity contribution in [3.63, 3.8) is 0 Å². The summed E-state index contributed by atoms with van der Waals surface area (Å²) in [5, 5.41) is 3.11. The van der Waals surface area contributed by atoms with Gasteiger partial charge in [0.05, 0.1) is 25.3 Å². The van der Waals surface area contributed by atoms with Gasteiger partial charge in [0.15, 0.2) is 0 Å². The smallest absolute Gasteiger partial charge is 0.235 e. The van der Waals surface area contributed by atoms with Crippen LogP contribution in [0.15, 0.2) is 41.8 Å². The molecule has 1 fully saturated rings. The summed E-state index contributed by atoms with van der Waals surface area (Å²) in [7, 11) is 1.55. The van der Waals surface area contributed by atoms with Crippen molar-refractivity contribution < 1.29 is 14.3 Å². The van der Waals surface area contributed by atoms with Crippen molar-refractivity contribution >= 4 is 17.7 Å². The van der Waals surface area contributed by atoms with Gasteiger partial charge >= 0.3 is 0 Å². The Morgan fingerprint density at radius 3 is 2.62 bits per heavy atom. The molecule has 1 amide bonds. The number of hydrogen-bond acceptors (Lipinski definition) is 7. The van der Waals surface area contributed by atoms with Gasteiger partial charge in [-0.15, -0.1) is 11.8 Å². The monoisotopic (exact) mass is 374 g/mol. The fourth-order valence-electron chi connectivity index (χ4n) is 2.83. The van der Waals surface area contributed by atoms with Crippen LogP contribution in [0, 0.1) is 0 Å². The van der Waals surface area contributed by atoms with Crippen molar-refractivity contribution in [3.05, 3.63) is 36.9 Å². The van der Waals surface area contributed by atoms with Crippen LogP contribution in [-0.4, -0.2) is 45.9 Å². The van der Waals surface area contributed by atoms with Crippen LogP contribution in [0.4, 0.5) is 0 Å². The number of rotatable bonds is 7. The molecular weight excluding hydrogens is 352 g/mol. The summed E-state index contributed by atoms with van der Waals surface area (Å²) >= 11 is 1.52. The molecule has 0 unspecified atom stereocenters. The van der Waals surface area contributed by atoms with Gasteiger partial charge in [-0.3, -0.25) is 14.8 Å². The number of carbonyl (C=O) groups is 1. The summed E-state index contributed by atoms with van der Waals surface area (Å²) < 4.78 is 10.9. The predicted octanol–water partition coefficient (Wildman–Crippen LogP) is 2.48. The van der Waals surface area contributed by atoms with E-state index in [9.17, 15) is 4.79 Å². The summed E-state index contributed by atoms with van der Waals surface area (Å²) in [6.45, 7) is 0. The Hall–Kier alpha value is -2.35. The zero-order chi connectivity index (χ0) is 18.2. The molecule has 26 heavy (non-hydrogen) atoms. The molecule has 2 heterocycles. The van der Waals surface area contributed by atoms with Crippen LogP contribution in [0.5, 0.6) is 11.8 Å². The maximum Gasteiger partial charge on any atom is 0.235 e. The maximum absolute atomic E-state index is 12.1. The summed E-state index contributed by atoms with van der Waals surface area (Å²) in [5.74, 6) is 1.40. The number of carbonyl (C=O) groups excluding carboxylic acids is 1. The summed E-state index contributed by atoms with van der Waals surface area (Å²) in [4.78, 5) is 25.4. The van der Waals surface area contributed by atoms with E-state index in [-0.39, 0.29) is 18.1 Å². The molecule has 0 saturated heterocycles. The molecule has 0 aliphatic heterocycles. The number of hydrogen-bond donors (Lipinski definition) is 1. The van der Waals surface area contributed by atoms with E-state index >= 15 is 0 Å². The molecule has 1 N–H and O–H groups in total. The molecule has 138 valence electrons. The summed E-state index contributed by atoms with van der Waals surface area (Å²) in [5.41, 5.74) is 0. The normalized spacial score (nSPS) is 19.6. The second-order valence-corrected chi connectivity index (χ2v) is 7.08. The maximum atomic E-state index is 12.1. The molecule has 0 radical (unpaired) electrons. The number of ether oxygens (including phenoxy) is 2. The van der Waals surface area contributed by atoms with Gasteiger partial charge in [0.25, 0.3) is 0 Å². The van der Waals surface area contributed by atoms with Crippen molar-refractivity contribution in [1.29, 1.82) is 0 Å². The quantitative estimate of drug-likeness (QED) is 0.745. The lowest BCUT2D eigenvalue weighted by atomic mass is 9.93. The first-order chi connectivity index (χ1) is 12.7. The molecule has 0 atom stereocenters. The zero-order valence-corrected chi connectivity index (χ0v) is 15.4. The third-order valence-corrected chi connectivity index (χ3v) is 5.16. The van der Waals surface area contributed by atoms with Gasteiger partial charge in [0.2, 0.25) is 17.7 Å². The molecule has 3 rings (SSSR count). The topological polar surface area (TPSA) is 86.2 Å². The molecule has 8 heteroatoms. The van der Waals surface area contributed by atoms with Crippen LogP contribution in [0.25, 0.3) is 0 Å². The molecule has 0 aromatic carbocycles. The highest BCUT2D eigenvalue weighted by Crippen LogP contribution is 2.24. The minimum absolute atomic E-state index is 0.0647. The third kappa shape index (κ3) is 5.59. The Balaban J connectivity index is 1.38.